The molecule has 25 heavy (non-hydrogen) atoms. The zero-order chi connectivity index (χ0) is 17.2. The highest BCUT2D eigenvalue weighted by Gasteiger charge is 2.17. The minimum Gasteiger partial charge on any atom is -0.282 e. The highest BCUT2D eigenvalue weighted by Crippen LogP contribution is 2.24. The maximum absolute atomic E-state index is 13.2. The van der Waals surface area contributed by atoms with Crippen molar-refractivity contribution >= 4 is 22.8 Å². The molecule has 0 radical (unpaired) electrons. The van der Waals surface area contributed by atoms with E-state index in [1.54, 1.807) is 16.3 Å². The van der Waals surface area contributed by atoms with E-state index in [0.717, 1.165) is 35.0 Å². The van der Waals surface area contributed by atoms with Gasteiger partial charge >= 0.3 is 0 Å². The van der Waals surface area contributed by atoms with Crippen LogP contribution in [-0.2, 0) is 19.4 Å². The van der Waals surface area contributed by atoms with Gasteiger partial charge in [-0.25, -0.2) is 9.97 Å². The highest BCUT2D eigenvalue weighted by atomic mass is 32.2. The largest absolute Gasteiger partial charge is 0.282 e. The first kappa shape index (κ1) is 16.3. The quantitative estimate of drug-likeness (QED) is 0.529. The van der Waals surface area contributed by atoms with Gasteiger partial charge in [0.15, 0.2) is 10.8 Å². The SMILES string of the molecule is CCSc1nc2nc3c(cc2c(=O)n1Cc1ccccc1)CCCC3. The number of hydrogen-bond donors (Lipinski definition) is 0. The first-order valence-corrected chi connectivity index (χ1v) is 9.85. The van der Waals surface area contributed by atoms with Gasteiger partial charge in [-0.1, -0.05) is 49.0 Å². The molecule has 128 valence electrons. The monoisotopic (exact) mass is 351 g/mol. The van der Waals surface area contributed by atoms with Crippen LogP contribution < -0.4 is 5.56 Å². The molecule has 0 saturated heterocycles. The molecule has 1 aromatic carbocycles. The first-order valence-electron chi connectivity index (χ1n) is 8.86. The third-order valence-electron chi connectivity index (χ3n) is 4.65. The molecule has 0 amide bonds. The number of aromatic nitrogens is 3. The third kappa shape index (κ3) is 3.21. The predicted molar refractivity (Wildman–Crippen MR) is 102 cm³/mol. The van der Waals surface area contributed by atoms with Gasteiger partial charge in [-0.2, -0.15) is 0 Å². The van der Waals surface area contributed by atoms with Crippen molar-refractivity contribution < 1.29 is 0 Å². The molecule has 1 aliphatic carbocycles. The van der Waals surface area contributed by atoms with Crippen LogP contribution in [0.1, 0.15) is 36.6 Å². The van der Waals surface area contributed by atoms with Crippen LogP contribution >= 0.6 is 11.8 Å². The van der Waals surface area contributed by atoms with Crippen LogP contribution in [0.4, 0.5) is 0 Å². The molecule has 1 aliphatic rings. The van der Waals surface area contributed by atoms with Crippen molar-refractivity contribution in [1.29, 1.82) is 0 Å². The number of hydrogen-bond acceptors (Lipinski definition) is 4. The maximum Gasteiger partial charge on any atom is 0.264 e. The Hall–Kier alpha value is -2.14. The zero-order valence-corrected chi connectivity index (χ0v) is 15.2. The minimum absolute atomic E-state index is 0.0191. The normalized spacial score (nSPS) is 13.8. The van der Waals surface area contributed by atoms with Crippen LogP contribution in [-0.4, -0.2) is 20.3 Å². The molecule has 3 aromatic rings. The Labute approximate surface area is 151 Å². The van der Waals surface area contributed by atoms with E-state index in [-0.39, 0.29) is 5.56 Å². The molecule has 4 rings (SSSR count). The van der Waals surface area contributed by atoms with Crippen molar-refractivity contribution in [2.45, 2.75) is 44.3 Å². The van der Waals surface area contributed by atoms with E-state index in [4.69, 9.17) is 9.97 Å². The first-order chi connectivity index (χ1) is 12.3. The van der Waals surface area contributed by atoms with Gasteiger partial charge in [0.2, 0.25) is 0 Å². The van der Waals surface area contributed by atoms with Gasteiger partial charge in [-0.15, -0.1) is 0 Å². The number of rotatable bonds is 4. The molecule has 0 spiro atoms. The van der Waals surface area contributed by atoms with Crippen LogP contribution in [0.5, 0.6) is 0 Å². The van der Waals surface area contributed by atoms with Gasteiger partial charge in [0.05, 0.1) is 11.9 Å². The Bertz CT molecular complexity index is 966. The second kappa shape index (κ2) is 7.00. The fraction of sp³-hybridized carbons (Fsp3) is 0.350. The average molecular weight is 351 g/mol. The van der Waals surface area contributed by atoms with Crippen LogP contribution in [0.3, 0.4) is 0 Å². The predicted octanol–water partition coefficient (Wildman–Crippen LogP) is 3.83. The van der Waals surface area contributed by atoms with E-state index < -0.39 is 0 Å². The fourth-order valence-electron chi connectivity index (χ4n) is 3.39. The van der Waals surface area contributed by atoms with Crippen LogP contribution in [0, 0.1) is 0 Å². The van der Waals surface area contributed by atoms with Crippen LogP contribution in [0.15, 0.2) is 46.3 Å². The number of fused-ring (bicyclic) bond motifs is 2. The molecule has 0 atom stereocenters. The number of aryl methyl sites for hydroxylation is 2. The van der Waals surface area contributed by atoms with E-state index in [9.17, 15) is 4.79 Å². The van der Waals surface area contributed by atoms with Gasteiger partial charge in [0.25, 0.3) is 5.56 Å². The van der Waals surface area contributed by atoms with Crippen molar-refractivity contribution in [3.8, 4) is 0 Å². The number of benzene rings is 1. The summed E-state index contributed by atoms with van der Waals surface area (Å²) in [6.07, 6.45) is 4.36. The lowest BCUT2D eigenvalue weighted by Gasteiger charge is -2.17. The molecular weight excluding hydrogens is 330 g/mol. The van der Waals surface area contributed by atoms with Gasteiger partial charge in [0, 0.05) is 5.69 Å². The second-order valence-electron chi connectivity index (χ2n) is 6.38. The lowest BCUT2D eigenvalue weighted by molar-refractivity contribution is 0.648. The average Bonchev–Trinajstić information content (AvgIpc) is 2.65. The summed E-state index contributed by atoms with van der Waals surface area (Å²) in [6.45, 7) is 2.62. The summed E-state index contributed by atoms with van der Waals surface area (Å²) in [5.41, 5.74) is 4.07. The van der Waals surface area contributed by atoms with Crippen molar-refractivity contribution in [2.24, 2.45) is 0 Å². The molecule has 0 aliphatic heterocycles. The molecule has 2 heterocycles. The van der Waals surface area contributed by atoms with Gasteiger partial charge < -0.3 is 0 Å². The molecule has 0 saturated carbocycles. The summed E-state index contributed by atoms with van der Waals surface area (Å²) in [7, 11) is 0. The summed E-state index contributed by atoms with van der Waals surface area (Å²) in [5.74, 6) is 0.873. The van der Waals surface area contributed by atoms with E-state index in [1.807, 2.05) is 36.4 Å². The Kier molecular flexibility index (Phi) is 4.57. The number of nitrogens with zero attached hydrogens (tertiary/aromatic N) is 3. The van der Waals surface area contributed by atoms with Crippen molar-refractivity contribution in [3.05, 3.63) is 63.6 Å². The van der Waals surface area contributed by atoms with E-state index in [2.05, 4.69) is 6.92 Å². The summed E-state index contributed by atoms with van der Waals surface area (Å²) >= 11 is 1.60. The van der Waals surface area contributed by atoms with Crippen LogP contribution in [0.25, 0.3) is 11.0 Å². The molecule has 0 fully saturated rings. The Morgan fingerprint density at radius 1 is 1.12 bits per heavy atom. The molecular formula is C20H21N3OS. The van der Waals surface area contributed by atoms with Crippen molar-refractivity contribution in [1.82, 2.24) is 14.5 Å². The molecule has 5 heteroatoms. The van der Waals surface area contributed by atoms with Gasteiger partial charge in [0.1, 0.15) is 0 Å². The smallest absolute Gasteiger partial charge is 0.264 e. The standard InChI is InChI=1S/C20H21N3OS/c1-2-25-20-22-18-16(12-15-10-6-7-11-17(15)21-18)19(24)23(20)13-14-8-4-3-5-9-14/h3-5,8-9,12H,2,6-7,10-11,13H2,1H3. The molecule has 0 N–H and O–H groups in total. The maximum atomic E-state index is 13.2. The Balaban J connectivity index is 1.89. The second-order valence-corrected chi connectivity index (χ2v) is 7.61. The van der Waals surface area contributed by atoms with Gasteiger partial charge in [-0.3, -0.25) is 9.36 Å². The topological polar surface area (TPSA) is 47.8 Å². The lowest BCUT2D eigenvalue weighted by Crippen LogP contribution is -2.25. The van der Waals surface area contributed by atoms with Crippen molar-refractivity contribution in [2.75, 3.05) is 5.75 Å². The Morgan fingerprint density at radius 2 is 1.92 bits per heavy atom. The Morgan fingerprint density at radius 3 is 2.72 bits per heavy atom. The number of thioether (sulfide) groups is 1. The molecule has 2 aromatic heterocycles. The highest BCUT2D eigenvalue weighted by molar-refractivity contribution is 7.99. The summed E-state index contributed by atoms with van der Waals surface area (Å²) in [5, 5.41) is 1.41. The summed E-state index contributed by atoms with van der Waals surface area (Å²) in [6, 6.07) is 12.1. The lowest BCUT2D eigenvalue weighted by atomic mass is 9.95. The molecule has 0 unspecified atom stereocenters. The summed E-state index contributed by atoms with van der Waals surface area (Å²) in [4.78, 5) is 22.7. The summed E-state index contributed by atoms with van der Waals surface area (Å²) < 4.78 is 1.79. The van der Waals surface area contributed by atoms with Crippen LogP contribution in [0.2, 0.25) is 0 Å². The zero-order valence-electron chi connectivity index (χ0n) is 14.4. The van der Waals surface area contributed by atoms with E-state index >= 15 is 0 Å². The number of pyridine rings is 1. The van der Waals surface area contributed by atoms with Gasteiger partial charge in [-0.05, 0) is 48.6 Å². The minimum atomic E-state index is 0.0191. The van der Waals surface area contributed by atoms with E-state index in [1.165, 1.54) is 18.4 Å². The molecule has 0 bridgehead atoms. The fourth-order valence-corrected chi connectivity index (χ4v) is 4.11. The third-order valence-corrected chi connectivity index (χ3v) is 5.50. The van der Waals surface area contributed by atoms with Crippen molar-refractivity contribution in [3.63, 3.8) is 0 Å². The van der Waals surface area contributed by atoms with E-state index in [0.29, 0.717) is 17.6 Å². The molecule has 4 nitrogen and oxygen atoms in total.